The molecule has 0 saturated heterocycles. The summed E-state index contributed by atoms with van der Waals surface area (Å²) in [5.74, 6) is 1.51. The van der Waals surface area contributed by atoms with E-state index >= 15 is 0 Å². The number of alkyl halides is 1. The van der Waals surface area contributed by atoms with Gasteiger partial charge in [0.2, 0.25) is 0 Å². The van der Waals surface area contributed by atoms with Gasteiger partial charge >= 0.3 is 0 Å². The second-order valence-corrected chi connectivity index (χ2v) is 5.02. The van der Waals surface area contributed by atoms with E-state index < -0.39 is 0 Å². The summed E-state index contributed by atoms with van der Waals surface area (Å²) in [5, 5.41) is 0. The summed E-state index contributed by atoms with van der Waals surface area (Å²) in [6, 6.07) is 8.02. The van der Waals surface area contributed by atoms with Gasteiger partial charge in [-0.05, 0) is 30.7 Å². The van der Waals surface area contributed by atoms with Crippen LogP contribution in [-0.2, 0) is 6.42 Å². The van der Waals surface area contributed by atoms with Crippen molar-refractivity contribution in [3.05, 3.63) is 54.2 Å². The van der Waals surface area contributed by atoms with Crippen molar-refractivity contribution in [2.45, 2.75) is 19.4 Å². The maximum Gasteiger partial charge on any atom is 0.160 e. The highest BCUT2D eigenvalue weighted by molar-refractivity contribution is 6.17. The van der Waals surface area contributed by atoms with Gasteiger partial charge < -0.3 is 4.57 Å². The van der Waals surface area contributed by atoms with E-state index in [-0.39, 0.29) is 6.04 Å². The van der Waals surface area contributed by atoms with Gasteiger partial charge in [-0.25, -0.2) is 9.97 Å². The summed E-state index contributed by atoms with van der Waals surface area (Å²) < 4.78 is 2.15. The first-order valence-corrected chi connectivity index (χ1v) is 7.12. The first-order chi connectivity index (χ1) is 9.81. The van der Waals surface area contributed by atoms with E-state index in [4.69, 9.17) is 11.6 Å². The number of nitrogens with zero attached hydrogens (tertiary/aromatic N) is 4. The maximum atomic E-state index is 5.90. The van der Waals surface area contributed by atoms with Crippen LogP contribution in [0.5, 0.6) is 0 Å². The van der Waals surface area contributed by atoms with Gasteiger partial charge in [0.1, 0.15) is 11.3 Å². The Kier molecular flexibility index (Phi) is 3.65. The standard InChI is InChI=1S/C15H15ClN4/c1-11(12-4-2-8-17-10-12)20-14(6-7-16)19-13-5-3-9-18-15(13)20/h2-5,8-11H,6-7H2,1H3. The fourth-order valence-corrected chi connectivity index (χ4v) is 2.59. The third kappa shape index (κ3) is 2.27. The van der Waals surface area contributed by atoms with Crippen LogP contribution in [0.25, 0.3) is 11.2 Å². The third-order valence-electron chi connectivity index (χ3n) is 3.39. The van der Waals surface area contributed by atoms with E-state index in [2.05, 4.69) is 32.5 Å². The normalized spacial score (nSPS) is 12.7. The van der Waals surface area contributed by atoms with E-state index in [0.717, 1.165) is 29.0 Å². The molecule has 20 heavy (non-hydrogen) atoms. The summed E-state index contributed by atoms with van der Waals surface area (Å²) in [6.45, 7) is 2.13. The van der Waals surface area contributed by atoms with Crippen molar-refractivity contribution in [1.29, 1.82) is 0 Å². The fourth-order valence-electron chi connectivity index (χ4n) is 2.42. The van der Waals surface area contributed by atoms with Crippen molar-refractivity contribution in [2.24, 2.45) is 0 Å². The minimum Gasteiger partial charge on any atom is -0.305 e. The van der Waals surface area contributed by atoms with Crippen molar-refractivity contribution < 1.29 is 0 Å². The number of pyridine rings is 2. The van der Waals surface area contributed by atoms with E-state index in [1.165, 1.54) is 0 Å². The van der Waals surface area contributed by atoms with Crippen LogP contribution in [0.3, 0.4) is 0 Å². The Morgan fingerprint density at radius 2 is 2.10 bits per heavy atom. The van der Waals surface area contributed by atoms with Gasteiger partial charge in [0.15, 0.2) is 5.65 Å². The summed E-state index contributed by atoms with van der Waals surface area (Å²) in [6.07, 6.45) is 6.17. The molecule has 1 atom stereocenters. The predicted molar refractivity (Wildman–Crippen MR) is 80.0 cm³/mol. The molecule has 0 saturated carbocycles. The van der Waals surface area contributed by atoms with Gasteiger partial charge in [-0.3, -0.25) is 4.98 Å². The highest BCUT2D eigenvalue weighted by Crippen LogP contribution is 2.24. The molecule has 0 aliphatic heterocycles. The van der Waals surface area contributed by atoms with Crippen LogP contribution in [-0.4, -0.2) is 25.4 Å². The largest absolute Gasteiger partial charge is 0.305 e. The average Bonchev–Trinajstić information content (AvgIpc) is 2.86. The van der Waals surface area contributed by atoms with Gasteiger partial charge in [0.05, 0.1) is 6.04 Å². The van der Waals surface area contributed by atoms with Crippen molar-refractivity contribution >= 4 is 22.8 Å². The lowest BCUT2D eigenvalue weighted by Crippen LogP contribution is -2.12. The first kappa shape index (κ1) is 13.1. The van der Waals surface area contributed by atoms with Crippen molar-refractivity contribution in [3.63, 3.8) is 0 Å². The van der Waals surface area contributed by atoms with Crippen LogP contribution in [0.15, 0.2) is 42.9 Å². The third-order valence-corrected chi connectivity index (χ3v) is 3.58. The molecule has 3 aromatic rings. The summed E-state index contributed by atoms with van der Waals surface area (Å²) in [7, 11) is 0. The molecule has 3 rings (SSSR count). The smallest absolute Gasteiger partial charge is 0.160 e. The quantitative estimate of drug-likeness (QED) is 0.692. The predicted octanol–water partition coefficient (Wildman–Crippen LogP) is 3.22. The Morgan fingerprint density at radius 3 is 2.85 bits per heavy atom. The van der Waals surface area contributed by atoms with Crippen LogP contribution in [0.1, 0.15) is 24.4 Å². The van der Waals surface area contributed by atoms with Gasteiger partial charge in [0, 0.05) is 30.9 Å². The van der Waals surface area contributed by atoms with E-state index in [1.807, 2.05) is 24.4 Å². The Bertz CT molecular complexity index is 708. The number of aromatic nitrogens is 4. The Labute approximate surface area is 122 Å². The molecular formula is C15H15ClN4. The molecule has 0 aliphatic rings. The summed E-state index contributed by atoms with van der Waals surface area (Å²) in [5.41, 5.74) is 2.93. The number of hydrogen-bond donors (Lipinski definition) is 0. The van der Waals surface area contributed by atoms with Gasteiger partial charge in [-0.1, -0.05) is 6.07 Å². The zero-order chi connectivity index (χ0) is 13.9. The molecule has 3 heterocycles. The SMILES string of the molecule is CC(c1cccnc1)n1c(CCCl)nc2cccnc21. The molecule has 0 amide bonds. The molecule has 1 unspecified atom stereocenters. The van der Waals surface area contributed by atoms with Gasteiger partial charge in [0.25, 0.3) is 0 Å². The summed E-state index contributed by atoms with van der Waals surface area (Å²) >= 11 is 5.90. The average molecular weight is 287 g/mol. The van der Waals surface area contributed by atoms with Gasteiger partial charge in [-0.2, -0.15) is 0 Å². The first-order valence-electron chi connectivity index (χ1n) is 6.59. The number of hydrogen-bond acceptors (Lipinski definition) is 3. The van der Waals surface area contributed by atoms with Gasteiger partial charge in [-0.15, -0.1) is 11.6 Å². The lowest BCUT2D eigenvalue weighted by molar-refractivity contribution is 0.617. The fraction of sp³-hybridized carbons (Fsp3) is 0.267. The zero-order valence-electron chi connectivity index (χ0n) is 11.2. The zero-order valence-corrected chi connectivity index (χ0v) is 12.0. The molecule has 0 bridgehead atoms. The molecule has 0 aliphatic carbocycles. The Morgan fingerprint density at radius 1 is 1.25 bits per heavy atom. The number of aryl methyl sites for hydroxylation is 1. The van der Waals surface area contributed by atoms with Crippen molar-refractivity contribution in [3.8, 4) is 0 Å². The van der Waals surface area contributed by atoms with Crippen LogP contribution in [0.4, 0.5) is 0 Å². The molecule has 0 spiro atoms. The molecule has 3 aromatic heterocycles. The highest BCUT2D eigenvalue weighted by atomic mass is 35.5. The molecule has 0 radical (unpaired) electrons. The van der Waals surface area contributed by atoms with Crippen LogP contribution in [0, 0.1) is 0 Å². The highest BCUT2D eigenvalue weighted by Gasteiger charge is 2.17. The molecule has 4 nitrogen and oxygen atoms in total. The molecule has 102 valence electrons. The monoisotopic (exact) mass is 286 g/mol. The van der Waals surface area contributed by atoms with Crippen LogP contribution < -0.4 is 0 Å². The topological polar surface area (TPSA) is 43.6 Å². The lowest BCUT2D eigenvalue weighted by Gasteiger charge is -2.16. The minimum absolute atomic E-state index is 0.127. The van der Waals surface area contributed by atoms with E-state index in [9.17, 15) is 0 Å². The molecule has 5 heteroatoms. The number of rotatable bonds is 4. The molecule has 0 N–H and O–H groups in total. The second kappa shape index (κ2) is 5.59. The molecule has 0 fully saturated rings. The summed E-state index contributed by atoms with van der Waals surface area (Å²) in [4.78, 5) is 13.3. The number of halogens is 1. The second-order valence-electron chi connectivity index (χ2n) is 4.65. The van der Waals surface area contributed by atoms with Crippen molar-refractivity contribution in [2.75, 3.05) is 5.88 Å². The molecule has 0 aromatic carbocycles. The van der Waals surface area contributed by atoms with E-state index in [1.54, 1.807) is 12.4 Å². The maximum absolute atomic E-state index is 5.90. The molecular weight excluding hydrogens is 272 g/mol. The number of fused-ring (bicyclic) bond motifs is 1. The minimum atomic E-state index is 0.127. The Hall–Kier alpha value is -1.94. The number of imidazole rings is 1. The van der Waals surface area contributed by atoms with Crippen molar-refractivity contribution in [1.82, 2.24) is 19.5 Å². The van der Waals surface area contributed by atoms with E-state index in [0.29, 0.717) is 5.88 Å². The van der Waals surface area contributed by atoms with Crippen LogP contribution in [0.2, 0.25) is 0 Å². The lowest BCUT2D eigenvalue weighted by atomic mass is 10.1. The van der Waals surface area contributed by atoms with Crippen LogP contribution >= 0.6 is 11.6 Å². The Balaban J connectivity index is 2.15.